The minimum absolute atomic E-state index is 0.260. The van der Waals surface area contributed by atoms with Gasteiger partial charge in [-0.15, -0.1) is 10.2 Å². The molecule has 6 nitrogen and oxygen atoms in total. The van der Waals surface area contributed by atoms with Gasteiger partial charge in [0.1, 0.15) is 0 Å². The van der Waals surface area contributed by atoms with Crippen LogP contribution in [-0.4, -0.2) is 31.3 Å². The lowest BCUT2D eigenvalue weighted by atomic mass is 10.1. The van der Waals surface area contributed by atoms with Gasteiger partial charge in [0.25, 0.3) is 0 Å². The first kappa shape index (κ1) is 12.7. The highest BCUT2D eigenvalue weighted by Gasteiger charge is 2.06. The van der Waals surface area contributed by atoms with Crippen molar-refractivity contribution in [3.05, 3.63) is 40.1 Å². The maximum absolute atomic E-state index is 10.5. The van der Waals surface area contributed by atoms with Crippen molar-refractivity contribution >= 4 is 21.9 Å². The molecule has 1 aromatic heterocycles. The first-order valence-electron chi connectivity index (χ1n) is 5.36. The van der Waals surface area contributed by atoms with Gasteiger partial charge >= 0.3 is 5.97 Å². The molecule has 0 saturated carbocycles. The molecule has 94 valence electrons. The van der Waals surface area contributed by atoms with Crippen molar-refractivity contribution in [1.29, 1.82) is 0 Å². The lowest BCUT2D eigenvalue weighted by molar-refractivity contribution is -0.138. The number of hydrogen-bond acceptors (Lipinski definition) is 4. The van der Waals surface area contributed by atoms with Crippen LogP contribution in [0.4, 0.5) is 0 Å². The maximum Gasteiger partial charge on any atom is 0.327 e. The molecule has 0 amide bonds. The molecule has 1 aromatic carbocycles. The number of hydrogen-bond donors (Lipinski definition) is 1. The molecule has 2 rings (SSSR count). The Kier molecular flexibility index (Phi) is 4.03. The van der Waals surface area contributed by atoms with Gasteiger partial charge in [0.15, 0.2) is 12.4 Å². The highest BCUT2D eigenvalue weighted by Crippen LogP contribution is 2.12. The predicted octanol–water partition coefficient (Wildman–Crippen LogP) is 1.31. The molecule has 0 aliphatic heterocycles. The molecule has 2 aromatic rings. The Morgan fingerprint density at radius 2 is 2.22 bits per heavy atom. The molecule has 0 radical (unpaired) electrons. The van der Waals surface area contributed by atoms with Crippen LogP contribution < -0.4 is 0 Å². The van der Waals surface area contributed by atoms with E-state index in [9.17, 15) is 4.79 Å². The van der Waals surface area contributed by atoms with Gasteiger partial charge in [-0.05, 0) is 29.3 Å². The normalized spacial score (nSPS) is 10.5. The second-order valence-corrected chi connectivity index (χ2v) is 4.68. The molecule has 0 bridgehead atoms. The van der Waals surface area contributed by atoms with Crippen molar-refractivity contribution in [2.24, 2.45) is 0 Å². The van der Waals surface area contributed by atoms with E-state index >= 15 is 0 Å². The number of carboxylic acid groups (broad SMARTS) is 1. The Bertz CT molecular complexity index is 555. The van der Waals surface area contributed by atoms with Crippen LogP contribution in [0.1, 0.15) is 11.4 Å². The summed E-state index contributed by atoms with van der Waals surface area (Å²) < 4.78 is 1.03. The van der Waals surface area contributed by atoms with Crippen LogP contribution in [0.3, 0.4) is 0 Å². The van der Waals surface area contributed by atoms with Gasteiger partial charge in [-0.1, -0.05) is 28.1 Å². The van der Waals surface area contributed by atoms with Crippen molar-refractivity contribution in [2.75, 3.05) is 0 Å². The van der Waals surface area contributed by atoms with Gasteiger partial charge < -0.3 is 5.11 Å². The summed E-state index contributed by atoms with van der Waals surface area (Å²) in [5.41, 5.74) is 1.17. The van der Waals surface area contributed by atoms with Gasteiger partial charge in [0, 0.05) is 10.9 Å². The van der Waals surface area contributed by atoms with Crippen LogP contribution in [0, 0.1) is 0 Å². The third-order valence-corrected chi connectivity index (χ3v) is 2.79. The lowest BCUT2D eigenvalue weighted by Gasteiger charge is -1.98. The van der Waals surface area contributed by atoms with Crippen LogP contribution in [0.5, 0.6) is 0 Å². The molecular formula is C11H11BrN4O2. The zero-order valence-electron chi connectivity index (χ0n) is 9.45. The van der Waals surface area contributed by atoms with E-state index in [1.807, 2.05) is 24.3 Å². The molecule has 0 spiro atoms. The van der Waals surface area contributed by atoms with E-state index in [-0.39, 0.29) is 6.54 Å². The highest BCUT2D eigenvalue weighted by molar-refractivity contribution is 9.10. The summed E-state index contributed by atoms with van der Waals surface area (Å²) in [7, 11) is 0. The average Bonchev–Trinajstić information content (AvgIpc) is 2.73. The largest absolute Gasteiger partial charge is 0.480 e. The second-order valence-electron chi connectivity index (χ2n) is 3.76. The van der Waals surface area contributed by atoms with Gasteiger partial charge in [-0.25, -0.2) is 0 Å². The number of rotatable bonds is 5. The fraction of sp³-hybridized carbons (Fsp3) is 0.273. The van der Waals surface area contributed by atoms with E-state index in [2.05, 4.69) is 31.3 Å². The molecule has 0 aliphatic carbocycles. The van der Waals surface area contributed by atoms with E-state index in [0.29, 0.717) is 12.2 Å². The second kappa shape index (κ2) is 5.72. The van der Waals surface area contributed by atoms with Crippen LogP contribution in [0.25, 0.3) is 0 Å². The zero-order chi connectivity index (χ0) is 13.0. The molecule has 0 fully saturated rings. The van der Waals surface area contributed by atoms with Crippen molar-refractivity contribution < 1.29 is 9.90 Å². The molecule has 1 heterocycles. The Balaban J connectivity index is 1.94. The lowest BCUT2D eigenvalue weighted by Crippen LogP contribution is -2.11. The summed E-state index contributed by atoms with van der Waals surface area (Å²) in [5.74, 6) is -0.429. The summed E-state index contributed by atoms with van der Waals surface area (Å²) >= 11 is 3.41. The van der Waals surface area contributed by atoms with Crippen molar-refractivity contribution in [2.45, 2.75) is 19.4 Å². The first-order valence-corrected chi connectivity index (χ1v) is 6.16. The van der Waals surface area contributed by atoms with E-state index in [1.54, 1.807) is 0 Å². The molecule has 0 saturated heterocycles. The highest BCUT2D eigenvalue weighted by atomic mass is 79.9. The number of tetrazole rings is 1. The van der Waals surface area contributed by atoms with Gasteiger partial charge in [0.05, 0.1) is 0 Å². The van der Waals surface area contributed by atoms with E-state index < -0.39 is 5.97 Å². The standard InChI is InChI=1S/C11H11BrN4O2/c12-9-3-1-2-8(6-9)4-5-10-13-15-16(14-10)7-11(17)18/h1-3,6H,4-5,7H2,(H,17,18). The van der Waals surface area contributed by atoms with E-state index in [4.69, 9.17) is 5.11 Å². The Labute approximate surface area is 112 Å². The number of aliphatic carboxylic acids is 1. The Morgan fingerprint density at radius 3 is 2.94 bits per heavy atom. The number of halogens is 1. The minimum atomic E-state index is -0.981. The third-order valence-electron chi connectivity index (χ3n) is 2.30. The van der Waals surface area contributed by atoms with Crippen LogP contribution >= 0.6 is 15.9 Å². The van der Waals surface area contributed by atoms with E-state index in [1.165, 1.54) is 5.56 Å². The van der Waals surface area contributed by atoms with Gasteiger partial charge in [-0.3, -0.25) is 4.79 Å². The topological polar surface area (TPSA) is 80.9 Å². The van der Waals surface area contributed by atoms with Crippen LogP contribution in [0.15, 0.2) is 28.7 Å². The Morgan fingerprint density at radius 1 is 1.39 bits per heavy atom. The molecule has 0 atom stereocenters. The smallest absolute Gasteiger partial charge is 0.327 e. The van der Waals surface area contributed by atoms with Crippen molar-refractivity contribution in [1.82, 2.24) is 20.2 Å². The average molecular weight is 311 g/mol. The molecule has 18 heavy (non-hydrogen) atoms. The SMILES string of the molecule is O=C(O)Cn1nnc(CCc2cccc(Br)c2)n1. The number of aryl methyl sites for hydroxylation is 2. The minimum Gasteiger partial charge on any atom is -0.480 e. The quantitative estimate of drug-likeness (QED) is 0.900. The summed E-state index contributed by atoms with van der Waals surface area (Å²) in [5, 5.41) is 20.1. The van der Waals surface area contributed by atoms with E-state index in [0.717, 1.165) is 15.7 Å². The molecule has 7 heteroatoms. The number of carbonyl (C=O) groups is 1. The zero-order valence-corrected chi connectivity index (χ0v) is 11.0. The van der Waals surface area contributed by atoms with Crippen molar-refractivity contribution in [3.63, 3.8) is 0 Å². The number of nitrogens with zero attached hydrogens (tertiary/aromatic N) is 4. The third kappa shape index (κ3) is 3.63. The summed E-state index contributed by atoms with van der Waals surface area (Å²) in [6.07, 6.45) is 1.42. The predicted molar refractivity (Wildman–Crippen MR) is 67.0 cm³/mol. The van der Waals surface area contributed by atoms with Crippen LogP contribution in [-0.2, 0) is 24.2 Å². The number of carboxylic acids is 1. The number of benzene rings is 1. The van der Waals surface area contributed by atoms with Crippen molar-refractivity contribution in [3.8, 4) is 0 Å². The summed E-state index contributed by atoms with van der Waals surface area (Å²) in [6.45, 7) is -0.260. The molecule has 0 unspecified atom stereocenters. The van der Waals surface area contributed by atoms with Gasteiger partial charge in [0.2, 0.25) is 0 Å². The summed E-state index contributed by atoms with van der Waals surface area (Å²) in [4.78, 5) is 11.5. The Hall–Kier alpha value is -1.76. The fourth-order valence-corrected chi connectivity index (χ4v) is 1.96. The fourth-order valence-electron chi connectivity index (χ4n) is 1.51. The summed E-state index contributed by atoms with van der Waals surface area (Å²) in [6, 6.07) is 7.98. The first-order chi connectivity index (χ1) is 8.63. The maximum atomic E-state index is 10.5. The molecular weight excluding hydrogens is 300 g/mol. The number of aromatic nitrogens is 4. The molecule has 1 N–H and O–H groups in total. The van der Waals surface area contributed by atoms with Gasteiger partial charge in [-0.2, -0.15) is 4.80 Å². The molecule has 0 aliphatic rings. The monoisotopic (exact) mass is 310 g/mol. The van der Waals surface area contributed by atoms with Crippen LogP contribution in [0.2, 0.25) is 0 Å².